The van der Waals surface area contributed by atoms with Gasteiger partial charge in [-0.05, 0) is 30.5 Å². The number of nitrogens with zero attached hydrogens (tertiary/aromatic N) is 2. The van der Waals surface area contributed by atoms with Gasteiger partial charge in [-0.2, -0.15) is 13.2 Å². The maximum absolute atomic E-state index is 13.6. The molecule has 5 nitrogen and oxygen atoms in total. The van der Waals surface area contributed by atoms with Crippen molar-refractivity contribution in [2.75, 3.05) is 19.8 Å². The van der Waals surface area contributed by atoms with Crippen LogP contribution < -0.4 is 5.32 Å². The van der Waals surface area contributed by atoms with E-state index in [1.54, 1.807) is 48.5 Å². The van der Waals surface area contributed by atoms with Gasteiger partial charge in [0.05, 0.1) is 12.6 Å². The van der Waals surface area contributed by atoms with Crippen LogP contribution in [0.2, 0.25) is 0 Å². The molecule has 0 saturated carbocycles. The van der Waals surface area contributed by atoms with Gasteiger partial charge in [-0.1, -0.05) is 60.7 Å². The Balaban J connectivity index is 1.65. The highest BCUT2D eigenvalue weighted by Crippen LogP contribution is 2.37. The second-order valence-corrected chi connectivity index (χ2v) is 7.74. The van der Waals surface area contributed by atoms with Crippen LogP contribution in [-0.2, 0) is 10.3 Å². The van der Waals surface area contributed by atoms with E-state index in [0.717, 1.165) is 4.90 Å². The summed E-state index contributed by atoms with van der Waals surface area (Å²) < 4.78 is 39.5. The second-order valence-electron chi connectivity index (χ2n) is 7.74. The fourth-order valence-electron chi connectivity index (χ4n) is 4.29. The number of imide groups is 1. The lowest BCUT2D eigenvalue weighted by molar-refractivity contribution is -0.187. The molecular weight excluding hydrogens is 395 g/mol. The van der Waals surface area contributed by atoms with E-state index in [1.807, 2.05) is 12.1 Å². The molecule has 2 heterocycles. The Morgan fingerprint density at radius 1 is 0.967 bits per heavy atom. The molecule has 2 fully saturated rings. The van der Waals surface area contributed by atoms with Crippen molar-refractivity contribution >= 4 is 11.9 Å². The lowest BCUT2D eigenvalue weighted by Crippen LogP contribution is -2.49. The quantitative estimate of drug-likeness (QED) is 0.772. The van der Waals surface area contributed by atoms with Crippen LogP contribution >= 0.6 is 0 Å². The number of rotatable bonds is 4. The highest BCUT2D eigenvalue weighted by molar-refractivity contribution is 6.09. The minimum Gasteiger partial charge on any atom is -0.315 e. The molecule has 2 aliphatic rings. The Labute approximate surface area is 172 Å². The zero-order valence-corrected chi connectivity index (χ0v) is 16.2. The van der Waals surface area contributed by atoms with E-state index in [9.17, 15) is 22.8 Å². The summed E-state index contributed by atoms with van der Waals surface area (Å²) in [6.45, 7) is 0.0240. The molecule has 1 N–H and O–H groups in total. The molecule has 0 radical (unpaired) electrons. The van der Waals surface area contributed by atoms with Crippen molar-refractivity contribution < 1.29 is 22.8 Å². The lowest BCUT2D eigenvalue weighted by atomic mass is 9.83. The van der Waals surface area contributed by atoms with Crippen molar-refractivity contribution in [3.8, 4) is 0 Å². The standard InChI is InChI=1S/C22H22F3N3O2/c23-22(24,25)18-12-7-13-27(14-18)15-28-19(29)21(26-20(28)30,16-8-3-1-4-9-16)17-10-5-2-6-11-17/h1-6,8-11,18H,7,12-15H2,(H,26,30)/t18-/m1/s1. The van der Waals surface area contributed by atoms with Crippen LogP contribution in [0.4, 0.5) is 18.0 Å². The summed E-state index contributed by atoms with van der Waals surface area (Å²) in [6.07, 6.45) is -3.85. The number of alkyl halides is 3. The van der Waals surface area contributed by atoms with Crippen molar-refractivity contribution in [2.24, 2.45) is 5.92 Å². The van der Waals surface area contributed by atoms with Crippen LogP contribution in [0.5, 0.6) is 0 Å². The van der Waals surface area contributed by atoms with Gasteiger partial charge in [0.25, 0.3) is 5.91 Å². The smallest absolute Gasteiger partial charge is 0.315 e. The van der Waals surface area contributed by atoms with E-state index >= 15 is 0 Å². The predicted molar refractivity (Wildman–Crippen MR) is 104 cm³/mol. The Bertz CT molecular complexity index is 879. The van der Waals surface area contributed by atoms with Gasteiger partial charge >= 0.3 is 12.2 Å². The maximum Gasteiger partial charge on any atom is 0.393 e. The van der Waals surface area contributed by atoms with Gasteiger partial charge in [0, 0.05) is 6.54 Å². The third-order valence-electron chi connectivity index (χ3n) is 5.83. The molecule has 2 aromatic carbocycles. The third kappa shape index (κ3) is 3.56. The van der Waals surface area contributed by atoms with Gasteiger partial charge in [-0.15, -0.1) is 0 Å². The van der Waals surface area contributed by atoms with Gasteiger partial charge < -0.3 is 5.32 Å². The highest BCUT2D eigenvalue weighted by atomic mass is 19.4. The number of halogens is 3. The molecule has 0 spiro atoms. The largest absolute Gasteiger partial charge is 0.393 e. The number of nitrogens with one attached hydrogen (secondary N) is 1. The Kier molecular flexibility index (Phi) is 5.27. The van der Waals surface area contributed by atoms with Crippen LogP contribution in [0.3, 0.4) is 0 Å². The van der Waals surface area contributed by atoms with Crippen LogP contribution in [0.1, 0.15) is 24.0 Å². The van der Waals surface area contributed by atoms with Crippen molar-refractivity contribution in [3.05, 3.63) is 71.8 Å². The summed E-state index contributed by atoms with van der Waals surface area (Å²) >= 11 is 0. The summed E-state index contributed by atoms with van der Waals surface area (Å²) in [4.78, 5) is 29.0. The first kappa shape index (κ1) is 20.4. The number of hydrogen-bond donors (Lipinski definition) is 1. The molecule has 4 rings (SSSR count). The molecule has 0 bridgehead atoms. The number of hydrogen-bond acceptors (Lipinski definition) is 3. The van der Waals surface area contributed by atoms with E-state index in [0.29, 0.717) is 24.1 Å². The highest BCUT2D eigenvalue weighted by Gasteiger charge is 2.54. The molecule has 1 atom stereocenters. The summed E-state index contributed by atoms with van der Waals surface area (Å²) in [5, 5.41) is 2.82. The van der Waals surface area contributed by atoms with Gasteiger partial charge in [0.2, 0.25) is 0 Å². The van der Waals surface area contributed by atoms with Crippen LogP contribution in [0.25, 0.3) is 0 Å². The molecular formula is C22H22F3N3O2. The number of carbonyl (C=O) groups excluding carboxylic acids is 2. The summed E-state index contributed by atoms with van der Waals surface area (Å²) in [7, 11) is 0. The number of amides is 3. The predicted octanol–water partition coefficient (Wildman–Crippen LogP) is 3.71. The molecule has 8 heteroatoms. The van der Waals surface area contributed by atoms with Crippen molar-refractivity contribution in [2.45, 2.75) is 24.6 Å². The first-order valence-corrected chi connectivity index (χ1v) is 9.86. The monoisotopic (exact) mass is 417 g/mol. The second kappa shape index (κ2) is 7.75. The van der Waals surface area contributed by atoms with E-state index in [2.05, 4.69) is 5.32 Å². The molecule has 3 amide bonds. The molecule has 2 aromatic rings. The molecule has 0 aliphatic carbocycles. The molecule has 30 heavy (non-hydrogen) atoms. The third-order valence-corrected chi connectivity index (χ3v) is 5.83. The topological polar surface area (TPSA) is 52.7 Å². The molecule has 0 aromatic heterocycles. The van der Waals surface area contributed by atoms with E-state index in [-0.39, 0.29) is 19.6 Å². The average molecular weight is 417 g/mol. The molecule has 158 valence electrons. The van der Waals surface area contributed by atoms with Crippen LogP contribution in [0, 0.1) is 5.92 Å². The van der Waals surface area contributed by atoms with Gasteiger partial charge in [0.1, 0.15) is 0 Å². The number of piperidine rings is 1. The van der Waals surface area contributed by atoms with Gasteiger partial charge in [-0.3, -0.25) is 9.69 Å². The number of carbonyl (C=O) groups is 2. The Morgan fingerprint density at radius 3 is 2.07 bits per heavy atom. The van der Waals surface area contributed by atoms with Gasteiger partial charge in [0.15, 0.2) is 5.54 Å². The average Bonchev–Trinajstić information content (AvgIpc) is 3.00. The molecule has 2 saturated heterocycles. The van der Waals surface area contributed by atoms with E-state index in [4.69, 9.17) is 0 Å². The van der Waals surface area contributed by atoms with Crippen LogP contribution in [0.15, 0.2) is 60.7 Å². The lowest BCUT2D eigenvalue weighted by Gasteiger charge is -2.35. The SMILES string of the molecule is O=C1NC(c2ccccc2)(c2ccccc2)C(=O)N1CN1CCC[C@@H](C(F)(F)F)C1. The van der Waals surface area contributed by atoms with Crippen molar-refractivity contribution in [3.63, 3.8) is 0 Å². The Morgan fingerprint density at radius 2 is 1.53 bits per heavy atom. The minimum absolute atomic E-state index is 0.0676. The van der Waals surface area contributed by atoms with E-state index < -0.39 is 29.6 Å². The summed E-state index contributed by atoms with van der Waals surface area (Å²) in [6, 6.07) is 17.2. The fraction of sp³-hybridized carbons (Fsp3) is 0.364. The summed E-state index contributed by atoms with van der Waals surface area (Å²) in [5.41, 5.74) is -0.202. The number of urea groups is 1. The van der Waals surface area contributed by atoms with Crippen molar-refractivity contribution in [1.82, 2.24) is 15.1 Å². The zero-order valence-electron chi connectivity index (χ0n) is 16.2. The molecule has 2 aliphatic heterocycles. The number of likely N-dealkylation sites (tertiary alicyclic amines) is 1. The van der Waals surface area contributed by atoms with Crippen LogP contribution in [-0.4, -0.2) is 47.7 Å². The van der Waals surface area contributed by atoms with E-state index in [1.165, 1.54) is 4.90 Å². The first-order valence-electron chi connectivity index (χ1n) is 9.86. The fourth-order valence-corrected chi connectivity index (χ4v) is 4.29. The normalized spacial score (nSPS) is 22.2. The maximum atomic E-state index is 13.6. The zero-order chi connectivity index (χ0) is 21.4. The first-order chi connectivity index (χ1) is 14.3. The van der Waals surface area contributed by atoms with Gasteiger partial charge in [-0.25, -0.2) is 9.69 Å². The van der Waals surface area contributed by atoms with Crippen molar-refractivity contribution in [1.29, 1.82) is 0 Å². The number of benzene rings is 2. The Hall–Kier alpha value is -2.87. The summed E-state index contributed by atoms with van der Waals surface area (Å²) in [5.74, 6) is -1.93. The minimum atomic E-state index is -4.28. The molecule has 0 unspecified atom stereocenters.